The van der Waals surface area contributed by atoms with Gasteiger partial charge < -0.3 is 9.80 Å². The Balaban J connectivity index is 1.60. The molecule has 3 heterocycles. The van der Waals surface area contributed by atoms with Crippen LogP contribution in [-0.4, -0.2) is 51.8 Å². The van der Waals surface area contributed by atoms with E-state index in [0.29, 0.717) is 5.56 Å². The van der Waals surface area contributed by atoms with E-state index in [0.717, 1.165) is 31.1 Å². The van der Waals surface area contributed by atoms with Gasteiger partial charge in [0.2, 0.25) is 0 Å². The van der Waals surface area contributed by atoms with Gasteiger partial charge in [0.1, 0.15) is 0 Å². The van der Waals surface area contributed by atoms with Crippen LogP contribution in [-0.2, 0) is 7.05 Å². The molecule has 0 saturated carbocycles. The molecule has 1 aliphatic heterocycles. The first-order valence-electron chi connectivity index (χ1n) is 7.48. The Labute approximate surface area is 134 Å². The van der Waals surface area contributed by atoms with Crippen molar-refractivity contribution in [1.82, 2.24) is 19.7 Å². The SMILES string of the molecule is Cc1cnc(N2CCC(N(C)C(=O)c3cnn(C)c3)CC2)s1. The monoisotopic (exact) mass is 319 g/mol. The van der Waals surface area contributed by atoms with Gasteiger partial charge in [-0.1, -0.05) is 0 Å². The van der Waals surface area contributed by atoms with Crippen LogP contribution in [0.1, 0.15) is 28.1 Å². The number of aromatic nitrogens is 3. The molecule has 1 saturated heterocycles. The fourth-order valence-electron chi connectivity index (χ4n) is 2.83. The molecule has 0 spiro atoms. The third-order valence-electron chi connectivity index (χ3n) is 4.16. The van der Waals surface area contributed by atoms with Gasteiger partial charge in [0.15, 0.2) is 5.13 Å². The van der Waals surface area contributed by atoms with E-state index in [9.17, 15) is 4.79 Å². The van der Waals surface area contributed by atoms with Gasteiger partial charge in [-0.15, -0.1) is 11.3 Å². The van der Waals surface area contributed by atoms with Gasteiger partial charge in [0, 0.05) is 50.5 Å². The summed E-state index contributed by atoms with van der Waals surface area (Å²) in [6.45, 7) is 3.97. The van der Waals surface area contributed by atoms with Crippen molar-refractivity contribution in [3.8, 4) is 0 Å². The molecule has 0 aliphatic carbocycles. The van der Waals surface area contributed by atoms with E-state index in [4.69, 9.17) is 0 Å². The lowest BCUT2D eigenvalue weighted by Gasteiger charge is -2.36. The second-order valence-corrected chi connectivity index (χ2v) is 7.00. The molecule has 0 aromatic carbocycles. The standard InChI is InChI=1S/C15H21N5OS/c1-11-8-16-15(22-11)20-6-4-13(5-7-20)19(3)14(21)12-9-17-18(2)10-12/h8-10,13H,4-7H2,1-3H3. The Morgan fingerprint density at radius 1 is 1.36 bits per heavy atom. The molecule has 0 radical (unpaired) electrons. The topological polar surface area (TPSA) is 54.3 Å². The van der Waals surface area contributed by atoms with Crippen molar-refractivity contribution in [2.45, 2.75) is 25.8 Å². The predicted octanol–water partition coefficient (Wildman–Crippen LogP) is 1.93. The molecule has 6 nitrogen and oxygen atoms in total. The largest absolute Gasteiger partial charge is 0.348 e. The fraction of sp³-hybridized carbons (Fsp3) is 0.533. The number of nitrogens with zero attached hydrogens (tertiary/aromatic N) is 5. The van der Waals surface area contributed by atoms with Crippen molar-refractivity contribution in [3.05, 3.63) is 29.0 Å². The summed E-state index contributed by atoms with van der Waals surface area (Å²) >= 11 is 1.73. The van der Waals surface area contributed by atoms with Crippen molar-refractivity contribution >= 4 is 22.4 Å². The van der Waals surface area contributed by atoms with E-state index < -0.39 is 0 Å². The number of carbonyl (C=O) groups is 1. The van der Waals surface area contributed by atoms with E-state index in [2.05, 4.69) is 21.9 Å². The molecule has 2 aromatic rings. The quantitative estimate of drug-likeness (QED) is 0.867. The summed E-state index contributed by atoms with van der Waals surface area (Å²) in [5.74, 6) is 0.0524. The maximum Gasteiger partial charge on any atom is 0.257 e. The lowest BCUT2D eigenvalue weighted by molar-refractivity contribution is 0.0709. The van der Waals surface area contributed by atoms with Gasteiger partial charge in [0.25, 0.3) is 5.91 Å². The Morgan fingerprint density at radius 2 is 2.09 bits per heavy atom. The summed E-state index contributed by atoms with van der Waals surface area (Å²) in [7, 11) is 3.72. The molecule has 7 heteroatoms. The minimum absolute atomic E-state index is 0.0524. The van der Waals surface area contributed by atoms with Crippen molar-refractivity contribution < 1.29 is 4.79 Å². The van der Waals surface area contributed by atoms with Crippen LogP contribution < -0.4 is 4.90 Å². The highest BCUT2D eigenvalue weighted by Gasteiger charge is 2.27. The molecular weight excluding hydrogens is 298 g/mol. The van der Waals surface area contributed by atoms with Crippen LogP contribution in [0.3, 0.4) is 0 Å². The van der Waals surface area contributed by atoms with Crippen LogP contribution >= 0.6 is 11.3 Å². The minimum atomic E-state index is 0.0524. The summed E-state index contributed by atoms with van der Waals surface area (Å²) < 4.78 is 1.66. The maximum atomic E-state index is 12.5. The molecule has 3 rings (SSSR count). The number of thiazole rings is 1. The fourth-order valence-corrected chi connectivity index (χ4v) is 3.65. The molecule has 118 valence electrons. The number of carbonyl (C=O) groups excluding carboxylic acids is 1. The van der Waals surface area contributed by atoms with E-state index in [1.807, 2.05) is 25.2 Å². The van der Waals surface area contributed by atoms with Crippen LogP contribution in [0.4, 0.5) is 5.13 Å². The average Bonchev–Trinajstić information content (AvgIpc) is 3.14. The van der Waals surface area contributed by atoms with Gasteiger partial charge in [-0.25, -0.2) is 4.98 Å². The van der Waals surface area contributed by atoms with Crippen molar-refractivity contribution in [2.24, 2.45) is 7.05 Å². The van der Waals surface area contributed by atoms with Gasteiger partial charge in [0.05, 0.1) is 11.8 Å². The summed E-state index contributed by atoms with van der Waals surface area (Å²) in [5.41, 5.74) is 0.656. The summed E-state index contributed by atoms with van der Waals surface area (Å²) in [4.78, 5) is 22.3. The third-order valence-corrected chi connectivity index (χ3v) is 5.14. The first-order chi connectivity index (χ1) is 10.5. The Kier molecular flexibility index (Phi) is 4.15. The van der Waals surface area contributed by atoms with Gasteiger partial charge in [-0.2, -0.15) is 5.10 Å². The molecule has 1 fully saturated rings. The lowest BCUT2D eigenvalue weighted by atomic mass is 10.0. The van der Waals surface area contributed by atoms with Gasteiger partial charge in [-0.3, -0.25) is 9.48 Å². The summed E-state index contributed by atoms with van der Waals surface area (Å²) in [5, 5.41) is 5.17. The molecule has 1 amide bonds. The number of aryl methyl sites for hydroxylation is 2. The third kappa shape index (κ3) is 2.99. The van der Waals surface area contributed by atoms with Crippen molar-refractivity contribution in [2.75, 3.05) is 25.0 Å². The second-order valence-electron chi connectivity index (χ2n) is 5.79. The second kappa shape index (κ2) is 6.08. The van der Waals surface area contributed by atoms with Gasteiger partial charge in [-0.05, 0) is 19.8 Å². The smallest absolute Gasteiger partial charge is 0.257 e. The molecule has 22 heavy (non-hydrogen) atoms. The average molecular weight is 319 g/mol. The molecule has 0 atom stereocenters. The van der Waals surface area contributed by atoms with Crippen molar-refractivity contribution in [1.29, 1.82) is 0 Å². The number of anilines is 1. The number of hydrogen-bond donors (Lipinski definition) is 0. The normalized spacial score (nSPS) is 16.0. The van der Waals surface area contributed by atoms with Crippen LogP contribution in [0.2, 0.25) is 0 Å². The zero-order chi connectivity index (χ0) is 15.7. The number of rotatable bonds is 3. The van der Waals surface area contributed by atoms with E-state index in [1.165, 1.54) is 4.88 Å². The van der Waals surface area contributed by atoms with Crippen LogP contribution in [0, 0.1) is 6.92 Å². The number of amides is 1. The van der Waals surface area contributed by atoms with E-state index >= 15 is 0 Å². The molecule has 0 unspecified atom stereocenters. The Hall–Kier alpha value is -1.89. The van der Waals surface area contributed by atoms with Crippen LogP contribution in [0.25, 0.3) is 0 Å². The number of piperidine rings is 1. The number of hydrogen-bond acceptors (Lipinski definition) is 5. The molecule has 1 aliphatic rings. The highest BCUT2D eigenvalue weighted by molar-refractivity contribution is 7.15. The van der Waals surface area contributed by atoms with Gasteiger partial charge >= 0.3 is 0 Å². The Bertz CT molecular complexity index is 656. The molecular formula is C15H21N5OS. The van der Waals surface area contributed by atoms with E-state index in [1.54, 1.807) is 28.4 Å². The Morgan fingerprint density at radius 3 is 2.64 bits per heavy atom. The lowest BCUT2D eigenvalue weighted by Crippen LogP contribution is -2.45. The minimum Gasteiger partial charge on any atom is -0.348 e. The molecule has 0 N–H and O–H groups in total. The zero-order valence-corrected chi connectivity index (χ0v) is 14.0. The highest BCUT2D eigenvalue weighted by Crippen LogP contribution is 2.26. The van der Waals surface area contributed by atoms with E-state index in [-0.39, 0.29) is 11.9 Å². The molecule has 0 bridgehead atoms. The molecule has 2 aromatic heterocycles. The predicted molar refractivity (Wildman–Crippen MR) is 87.4 cm³/mol. The van der Waals surface area contributed by atoms with Crippen LogP contribution in [0.15, 0.2) is 18.6 Å². The maximum absolute atomic E-state index is 12.5. The van der Waals surface area contributed by atoms with Crippen LogP contribution in [0.5, 0.6) is 0 Å². The summed E-state index contributed by atoms with van der Waals surface area (Å²) in [6.07, 6.45) is 7.27. The first kappa shape index (κ1) is 15.0. The first-order valence-corrected chi connectivity index (χ1v) is 8.29. The zero-order valence-electron chi connectivity index (χ0n) is 13.2. The van der Waals surface area contributed by atoms with Crippen molar-refractivity contribution in [3.63, 3.8) is 0 Å². The summed E-state index contributed by atoms with van der Waals surface area (Å²) in [6, 6.07) is 0.282. The highest BCUT2D eigenvalue weighted by atomic mass is 32.1.